The lowest BCUT2D eigenvalue weighted by atomic mass is 10.1. The normalized spacial score (nSPS) is 15.4. The van der Waals surface area contributed by atoms with Crippen LogP contribution >= 0.6 is 0 Å². The van der Waals surface area contributed by atoms with Gasteiger partial charge in [-0.05, 0) is 19.8 Å². The summed E-state index contributed by atoms with van der Waals surface area (Å²) in [6, 6.07) is 1.51. The van der Waals surface area contributed by atoms with Gasteiger partial charge in [-0.1, -0.05) is 0 Å². The molecule has 0 unspecified atom stereocenters. The van der Waals surface area contributed by atoms with Gasteiger partial charge in [-0.15, -0.1) is 0 Å². The van der Waals surface area contributed by atoms with Gasteiger partial charge in [0.2, 0.25) is 5.76 Å². The number of furan rings is 1. The van der Waals surface area contributed by atoms with E-state index in [9.17, 15) is 9.59 Å². The fourth-order valence-corrected chi connectivity index (χ4v) is 1.86. The van der Waals surface area contributed by atoms with Gasteiger partial charge in [0.1, 0.15) is 5.76 Å². The van der Waals surface area contributed by atoms with Crippen molar-refractivity contribution in [3.63, 3.8) is 0 Å². The maximum atomic E-state index is 11.7. The van der Waals surface area contributed by atoms with Crippen LogP contribution in [-0.4, -0.2) is 18.4 Å². The predicted octanol–water partition coefficient (Wildman–Crippen LogP) is 2.37. The molecule has 0 amide bonds. The molecule has 0 aliphatic heterocycles. The first-order chi connectivity index (χ1) is 7.72. The van der Waals surface area contributed by atoms with Crippen molar-refractivity contribution in [1.29, 1.82) is 0 Å². The van der Waals surface area contributed by atoms with Gasteiger partial charge < -0.3 is 9.15 Å². The third-order valence-corrected chi connectivity index (χ3v) is 2.64. The van der Waals surface area contributed by atoms with Gasteiger partial charge in [-0.2, -0.15) is 0 Å². The summed E-state index contributed by atoms with van der Waals surface area (Å²) >= 11 is 0. The van der Waals surface area contributed by atoms with E-state index in [1.165, 1.54) is 6.07 Å². The largest absolute Gasteiger partial charge is 0.460 e. The molecule has 4 nitrogen and oxygen atoms in total. The van der Waals surface area contributed by atoms with Gasteiger partial charge in [0.05, 0.1) is 12.2 Å². The molecule has 0 radical (unpaired) electrons. The molecule has 0 fully saturated rings. The van der Waals surface area contributed by atoms with Crippen LogP contribution < -0.4 is 0 Å². The Balaban J connectivity index is 2.29. The lowest BCUT2D eigenvalue weighted by Gasteiger charge is -1.97. The molecule has 4 heteroatoms. The molecule has 0 spiro atoms. The summed E-state index contributed by atoms with van der Waals surface area (Å²) in [4.78, 5) is 23.1. The van der Waals surface area contributed by atoms with Crippen molar-refractivity contribution in [2.24, 2.45) is 0 Å². The Morgan fingerprint density at radius 1 is 1.44 bits per heavy atom. The number of ketones is 1. The first-order valence-electron chi connectivity index (χ1n) is 5.55. The molecule has 0 saturated carbocycles. The van der Waals surface area contributed by atoms with Crippen LogP contribution in [0.25, 0.3) is 0 Å². The predicted molar refractivity (Wildman–Crippen MR) is 56.6 cm³/mol. The highest BCUT2D eigenvalue weighted by atomic mass is 16.5. The zero-order valence-electron chi connectivity index (χ0n) is 9.25. The molecule has 0 saturated heterocycles. The van der Waals surface area contributed by atoms with Crippen LogP contribution in [0.5, 0.6) is 0 Å². The second-order valence-electron chi connectivity index (χ2n) is 3.80. The summed E-state index contributed by atoms with van der Waals surface area (Å²) in [6.45, 7) is 2.04. The van der Waals surface area contributed by atoms with Gasteiger partial charge in [0, 0.05) is 18.9 Å². The highest BCUT2D eigenvalue weighted by molar-refractivity contribution is 5.99. The second-order valence-corrected chi connectivity index (χ2v) is 3.80. The van der Waals surface area contributed by atoms with Crippen molar-refractivity contribution in [3.8, 4) is 0 Å². The number of Topliss-reactive ketones (excluding diaryl/α,β-unsaturated/α-hetero) is 1. The number of aryl methyl sites for hydroxylation is 1. The Bertz CT molecular complexity index is 417. The van der Waals surface area contributed by atoms with Crippen molar-refractivity contribution in [1.82, 2.24) is 0 Å². The Kier molecular flexibility index (Phi) is 3.08. The number of ether oxygens (including phenoxy) is 1. The number of hydrogen-bond donors (Lipinski definition) is 0. The van der Waals surface area contributed by atoms with Crippen LogP contribution in [0.2, 0.25) is 0 Å². The first kappa shape index (κ1) is 10.9. The van der Waals surface area contributed by atoms with Gasteiger partial charge in [0.25, 0.3) is 0 Å². The summed E-state index contributed by atoms with van der Waals surface area (Å²) in [5.74, 6) is 0.336. The Morgan fingerprint density at radius 3 is 2.94 bits per heavy atom. The van der Waals surface area contributed by atoms with Crippen LogP contribution in [0.15, 0.2) is 10.5 Å². The van der Waals surface area contributed by atoms with Crippen molar-refractivity contribution < 1.29 is 18.7 Å². The molecule has 1 aliphatic rings. The van der Waals surface area contributed by atoms with Gasteiger partial charge in [0.15, 0.2) is 5.78 Å². The minimum Gasteiger partial charge on any atom is -0.460 e. The number of carbonyl (C=O) groups excluding carboxylic acids is 2. The molecule has 0 N–H and O–H groups in total. The van der Waals surface area contributed by atoms with E-state index in [1.54, 1.807) is 6.92 Å². The maximum Gasteiger partial charge on any atom is 0.374 e. The molecule has 1 aromatic heterocycles. The molecule has 0 aromatic carbocycles. The SMILES string of the molecule is CCOC(=O)c1cc2c(o1)CCCCC2=O. The molecule has 2 rings (SSSR count). The topological polar surface area (TPSA) is 56.5 Å². The molecular weight excluding hydrogens is 208 g/mol. The van der Waals surface area contributed by atoms with E-state index in [4.69, 9.17) is 9.15 Å². The van der Waals surface area contributed by atoms with Gasteiger partial charge in [-0.25, -0.2) is 4.79 Å². The third kappa shape index (κ3) is 2.01. The minimum atomic E-state index is -0.497. The Hall–Kier alpha value is -1.58. The molecule has 1 aromatic rings. The van der Waals surface area contributed by atoms with E-state index in [1.807, 2.05) is 0 Å². The monoisotopic (exact) mass is 222 g/mol. The first-order valence-corrected chi connectivity index (χ1v) is 5.55. The van der Waals surface area contributed by atoms with Crippen molar-refractivity contribution in [3.05, 3.63) is 23.2 Å². The number of carbonyl (C=O) groups is 2. The summed E-state index contributed by atoms with van der Waals surface area (Å²) < 4.78 is 10.2. The van der Waals surface area contributed by atoms with Crippen molar-refractivity contribution >= 4 is 11.8 Å². The van der Waals surface area contributed by atoms with Crippen LogP contribution in [-0.2, 0) is 11.2 Å². The van der Waals surface area contributed by atoms with E-state index in [-0.39, 0.29) is 11.5 Å². The lowest BCUT2D eigenvalue weighted by molar-refractivity contribution is 0.0488. The van der Waals surface area contributed by atoms with Crippen LogP contribution in [0.3, 0.4) is 0 Å². The number of fused-ring (bicyclic) bond motifs is 1. The van der Waals surface area contributed by atoms with Crippen LogP contribution in [0, 0.1) is 0 Å². The van der Waals surface area contributed by atoms with E-state index < -0.39 is 5.97 Å². The maximum absolute atomic E-state index is 11.7. The zero-order chi connectivity index (χ0) is 11.5. The van der Waals surface area contributed by atoms with Gasteiger partial charge in [-0.3, -0.25) is 4.79 Å². The van der Waals surface area contributed by atoms with Crippen LogP contribution in [0.1, 0.15) is 52.9 Å². The number of rotatable bonds is 2. The Labute approximate surface area is 93.6 Å². The smallest absolute Gasteiger partial charge is 0.374 e. The Morgan fingerprint density at radius 2 is 2.19 bits per heavy atom. The summed E-state index contributed by atoms with van der Waals surface area (Å²) in [7, 11) is 0. The number of esters is 1. The van der Waals surface area contributed by atoms with E-state index in [0.717, 1.165) is 19.3 Å². The average Bonchev–Trinajstić information content (AvgIpc) is 2.62. The fraction of sp³-hybridized carbons (Fsp3) is 0.500. The minimum absolute atomic E-state index is 0.0619. The summed E-state index contributed by atoms with van der Waals surface area (Å²) in [6.07, 6.45) is 3.07. The van der Waals surface area contributed by atoms with Crippen molar-refractivity contribution in [2.45, 2.75) is 32.6 Å². The second kappa shape index (κ2) is 4.51. The molecule has 1 heterocycles. The standard InChI is InChI=1S/C12H14O4/c1-2-15-12(14)11-7-8-9(13)5-3-4-6-10(8)16-11/h7H,2-6H2,1H3. The summed E-state index contributed by atoms with van der Waals surface area (Å²) in [5.41, 5.74) is 0.556. The molecule has 0 bridgehead atoms. The summed E-state index contributed by atoms with van der Waals surface area (Å²) in [5, 5.41) is 0. The highest BCUT2D eigenvalue weighted by Gasteiger charge is 2.23. The fourth-order valence-electron chi connectivity index (χ4n) is 1.86. The van der Waals surface area contributed by atoms with E-state index in [2.05, 4.69) is 0 Å². The van der Waals surface area contributed by atoms with Crippen LogP contribution in [0.4, 0.5) is 0 Å². The van der Waals surface area contributed by atoms with E-state index in [0.29, 0.717) is 24.4 Å². The number of hydrogen-bond acceptors (Lipinski definition) is 4. The third-order valence-electron chi connectivity index (χ3n) is 2.64. The zero-order valence-corrected chi connectivity index (χ0v) is 9.25. The quantitative estimate of drug-likeness (QED) is 0.569. The molecule has 86 valence electrons. The van der Waals surface area contributed by atoms with Crippen molar-refractivity contribution in [2.75, 3.05) is 6.61 Å². The van der Waals surface area contributed by atoms with E-state index >= 15 is 0 Å². The van der Waals surface area contributed by atoms with Gasteiger partial charge >= 0.3 is 5.97 Å². The highest BCUT2D eigenvalue weighted by Crippen LogP contribution is 2.24. The average molecular weight is 222 g/mol. The molecular formula is C12H14O4. The molecule has 1 aliphatic carbocycles. The lowest BCUT2D eigenvalue weighted by Crippen LogP contribution is -2.03. The molecule has 0 atom stereocenters. The molecule has 16 heavy (non-hydrogen) atoms.